The Kier molecular flexibility index (Phi) is 3.52. The minimum absolute atomic E-state index is 0.147. The maximum atomic E-state index is 11.0. The molecule has 0 aliphatic heterocycles. The van der Waals surface area contributed by atoms with E-state index in [1.165, 1.54) is 0 Å². The van der Waals surface area contributed by atoms with Crippen LogP contribution in [0.2, 0.25) is 0 Å². The SMILES string of the molecule is CC(C)(C)C(=O)COC(=O)Cl. The zero-order chi connectivity index (χ0) is 9.07. The van der Waals surface area contributed by atoms with Gasteiger partial charge in [0.25, 0.3) is 0 Å². The number of halogens is 1. The number of carbonyl (C=O) groups is 2. The molecule has 0 atom stereocenters. The molecular weight excluding hydrogens is 168 g/mol. The molecule has 0 fully saturated rings. The third kappa shape index (κ3) is 4.79. The van der Waals surface area contributed by atoms with Crippen LogP contribution in [0.15, 0.2) is 0 Å². The molecule has 0 aliphatic carbocycles. The van der Waals surface area contributed by atoms with Crippen molar-refractivity contribution in [3.8, 4) is 0 Å². The van der Waals surface area contributed by atoms with Crippen LogP contribution in [0.1, 0.15) is 20.8 Å². The van der Waals surface area contributed by atoms with E-state index < -0.39 is 10.8 Å². The summed E-state index contributed by atoms with van der Waals surface area (Å²) >= 11 is 4.86. The lowest BCUT2D eigenvalue weighted by molar-refractivity contribution is -0.129. The molecule has 0 rings (SSSR count). The highest BCUT2D eigenvalue weighted by Gasteiger charge is 2.21. The zero-order valence-corrected chi connectivity index (χ0v) is 7.57. The summed E-state index contributed by atoms with van der Waals surface area (Å²) in [7, 11) is 0. The number of ether oxygens (including phenoxy) is 1. The number of hydrogen-bond donors (Lipinski definition) is 0. The Morgan fingerprint density at radius 3 is 2.09 bits per heavy atom. The van der Waals surface area contributed by atoms with Crippen molar-refractivity contribution >= 4 is 22.8 Å². The molecule has 0 unspecified atom stereocenters. The second-order valence-electron chi connectivity index (χ2n) is 3.20. The van der Waals surface area contributed by atoms with Crippen molar-refractivity contribution in [1.82, 2.24) is 0 Å². The Labute approximate surface area is 70.7 Å². The third-order valence-electron chi connectivity index (χ3n) is 1.15. The first-order chi connectivity index (χ1) is 4.84. The fourth-order valence-corrected chi connectivity index (χ4v) is 0.393. The van der Waals surface area contributed by atoms with Crippen LogP contribution in [0, 0.1) is 5.41 Å². The molecule has 0 heterocycles. The molecule has 4 heteroatoms. The quantitative estimate of drug-likeness (QED) is 0.608. The number of hydrogen-bond acceptors (Lipinski definition) is 3. The van der Waals surface area contributed by atoms with Crippen LogP contribution in [-0.2, 0) is 9.53 Å². The highest BCUT2D eigenvalue weighted by molar-refractivity contribution is 6.61. The smallest absolute Gasteiger partial charge is 0.404 e. The van der Waals surface area contributed by atoms with Gasteiger partial charge >= 0.3 is 5.43 Å². The molecule has 0 radical (unpaired) electrons. The van der Waals surface area contributed by atoms with Crippen LogP contribution in [0.25, 0.3) is 0 Å². The minimum atomic E-state index is -0.942. The van der Waals surface area contributed by atoms with Gasteiger partial charge < -0.3 is 4.74 Å². The van der Waals surface area contributed by atoms with E-state index in [0.717, 1.165) is 0 Å². The van der Waals surface area contributed by atoms with Gasteiger partial charge in [-0.2, -0.15) is 0 Å². The van der Waals surface area contributed by atoms with E-state index in [2.05, 4.69) is 4.74 Å². The zero-order valence-electron chi connectivity index (χ0n) is 6.81. The van der Waals surface area contributed by atoms with Crippen LogP contribution in [0.4, 0.5) is 4.79 Å². The normalized spacial score (nSPS) is 10.9. The van der Waals surface area contributed by atoms with Gasteiger partial charge in [0.05, 0.1) is 0 Å². The summed E-state index contributed by atoms with van der Waals surface area (Å²) in [4.78, 5) is 21.1. The summed E-state index contributed by atoms with van der Waals surface area (Å²) < 4.78 is 4.31. The van der Waals surface area contributed by atoms with Crippen molar-refractivity contribution in [2.45, 2.75) is 20.8 Å². The lowest BCUT2D eigenvalue weighted by Gasteiger charge is -2.15. The molecule has 0 saturated carbocycles. The van der Waals surface area contributed by atoms with Crippen molar-refractivity contribution in [3.63, 3.8) is 0 Å². The average molecular weight is 179 g/mol. The average Bonchev–Trinajstić information content (AvgIpc) is 1.80. The topological polar surface area (TPSA) is 43.4 Å². The minimum Gasteiger partial charge on any atom is -0.446 e. The molecule has 64 valence electrons. The summed E-state index contributed by atoms with van der Waals surface area (Å²) in [6.45, 7) is 5.00. The van der Waals surface area contributed by atoms with E-state index in [9.17, 15) is 9.59 Å². The highest BCUT2D eigenvalue weighted by atomic mass is 35.5. The first-order valence-electron chi connectivity index (χ1n) is 3.19. The van der Waals surface area contributed by atoms with Crippen molar-refractivity contribution in [2.24, 2.45) is 5.41 Å². The van der Waals surface area contributed by atoms with Gasteiger partial charge in [-0.15, -0.1) is 0 Å². The summed E-state index contributed by atoms with van der Waals surface area (Å²) in [6.07, 6.45) is 0. The van der Waals surface area contributed by atoms with Gasteiger partial charge in [-0.25, -0.2) is 4.79 Å². The van der Waals surface area contributed by atoms with Crippen molar-refractivity contribution < 1.29 is 14.3 Å². The number of carbonyl (C=O) groups excluding carboxylic acids is 2. The van der Waals surface area contributed by atoms with Gasteiger partial charge in [0.1, 0.15) is 0 Å². The first-order valence-corrected chi connectivity index (χ1v) is 3.57. The Balaban J connectivity index is 3.80. The van der Waals surface area contributed by atoms with Gasteiger partial charge in [0.2, 0.25) is 0 Å². The van der Waals surface area contributed by atoms with Gasteiger partial charge in [0.15, 0.2) is 12.4 Å². The molecule has 0 N–H and O–H groups in total. The monoisotopic (exact) mass is 178 g/mol. The van der Waals surface area contributed by atoms with Gasteiger partial charge in [-0.1, -0.05) is 20.8 Å². The van der Waals surface area contributed by atoms with Crippen molar-refractivity contribution in [3.05, 3.63) is 0 Å². The molecular formula is C7H11ClO3. The molecule has 0 saturated heterocycles. The Bertz CT molecular complexity index is 169. The van der Waals surface area contributed by atoms with Crippen LogP contribution in [0.3, 0.4) is 0 Å². The molecule has 0 aromatic rings. The summed E-state index contributed by atoms with van der Waals surface area (Å²) in [5.74, 6) is -0.147. The van der Waals surface area contributed by atoms with Crippen LogP contribution in [-0.4, -0.2) is 17.8 Å². The van der Waals surface area contributed by atoms with Gasteiger partial charge in [-0.05, 0) is 0 Å². The fraction of sp³-hybridized carbons (Fsp3) is 0.714. The second-order valence-corrected chi connectivity index (χ2v) is 3.51. The number of rotatable bonds is 2. The molecule has 0 aliphatic rings. The Morgan fingerprint density at radius 2 is 1.82 bits per heavy atom. The Hall–Kier alpha value is -0.570. The van der Waals surface area contributed by atoms with Crippen LogP contribution < -0.4 is 0 Å². The largest absolute Gasteiger partial charge is 0.446 e. The molecule has 11 heavy (non-hydrogen) atoms. The van der Waals surface area contributed by atoms with E-state index in [0.29, 0.717) is 0 Å². The number of Topliss-reactive ketones (excluding diaryl/α,β-unsaturated/α-hetero) is 1. The highest BCUT2D eigenvalue weighted by Crippen LogP contribution is 2.14. The van der Waals surface area contributed by atoms with E-state index in [1.54, 1.807) is 20.8 Å². The fourth-order valence-electron chi connectivity index (χ4n) is 0.339. The second kappa shape index (κ2) is 3.72. The predicted octanol–water partition coefficient (Wildman–Crippen LogP) is 1.98. The van der Waals surface area contributed by atoms with Crippen molar-refractivity contribution in [1.29, 1.82) is 0 Å². The first kappa shape index (κ1) is 10.4. The maximum absolute atomic E-state index is 11.0. The van der Waals surface area contributed by atoms with Crippen LogP contribution >= 0.6 is 11.6 Å². The molecule has 0 amide bonds. The molecule has 0 spiro atoms. The lowest BCUT2D eigenvalue weighted by Crippen LogP contribution is -2.25. The molecule has 0 aromatic carbocycles. The van der Waals surface area contributed by atoms with Crippen molar-refractivity contribution in [2.75, 3.05) is 6.61 Å². The third-order valence-corrected chi connectivity index (χ3v) is 1.26. The summed E-state index contributed by atoms with van der Waals surface area (Å²) in [5, 5.41) is 0. The van der Waals surface area contributed by atoms with E-state index >= 15 is 0 Å². The van der Waals surface area contributed by atoms with Gasteiger partial charge in [0, 0.05) is 17.0 Å². The predicted molar refractivity (Wildman–Crippen MR) is 41.7 cm³/mol. The van der Waals surface area contributed by atoms with E-state index in [1.807, 2.05) is 0 Å². The summed E-state index contributed by atoms with van der Waals surface area (Å²) in [5.41, 5.74) is -1.42. The Morgan fingerprint density at radius 1 is 1.36 bits per heavy atom. The van der Waals surface area contributed by atoms with E-state index in [-0.39, 0.29) is 12.4 Å². The molecule has 3 nitrogen and oxygen atoms in total. The lowest BCUT2D eigenvalue weighted by atomic mass is 9.91. The standard InChI is InChI=1S/C7H11ClO3/c1-7(2,3)5(9)4-11-6(8)10/h4H2,1-3H3. The number of ketones is 1. The molecule has 0 aromatic heterocycles. The maximum Gasteiger partial charge on any atom is 0.404 e. The van der Waals surface area contributed by atoms with E-state index in [4.69, 9.17) is 11.6 Å². The van der Waals surface area contributed by atoms with Gasteiger partial charge in [-0.3, -0.25) is 4.79 Å². The molecule has 0 bridgehead atoms. The summed E-state index contributed by atoms with van der Waals surface area (Å²) in [6, 6.07) is 0. The van der Waals surface area contributed by atoms with Crippen LogP contribution in [0.5, 0.6) is 0 Å².